The number of rotatable bonds is 3. The number of nitrogens with one attached hydrogen (secondary N) is 1. The molecular weight excluding hydrogens is 314 g/mol. The number of hydrogen-bond acceptors (Lipinski definition) is 4. The Hall–Kier alpha value is -2.82. The average Bonchev–Trinajstić information content (AvgIpc) is 3.11. The molecule has 3 aromatic rings. The van der Waals surface area contributed by atoms with Crippen molar-refractivity contribution >= 4 is 28.4 Å². The van der Waals surface area contributed by atoms with Gasteiger partial charge in [0.05, 0.1) is 0 Å². The highest BCUT2D eigenvalue weighted by molar-refractivity contribution is 6.00. The molecule has 2 atom stereocenters. The summed E-state index contributed by atoms with van der Waals surface area (Å²) >= 11 is 0. The van der Waals surface area contributed by atoms with E-state index in [4.69, 9.17) is 4.42 Å². The van der Waals surface area contributed by atoms with Crippen molar-refractivity contribution in [3.63, 3.8) is 0 Å². The van der Waals surface area contributed by atoms with Gasteiger partial charge in [-0.05, 0) is 50.1 Å². The molecule has 2 aromatic carbocycles. The summed E-state index contributed by atoms with van der Waals surface area (Å²) in [6.45, 7) is 5.81. The molecule has 2 heterocycles. The number of fused-ring (bicyclic) bond motifs is 2. The Bertz CT molecular complexity index is 947. The molecule has 0 radical (unpaired) electrons. The number of oxazole rings is 1. The molecule has 5 nitrogen and oxygen atoms in total. The van der Waals surface area contributed by atoms with Crippen molar-refractivity contribution in [2.75, 3.05) is 10.2 Å². The van der Waals surface area contributed by atoms with Gasteiger partial charge in [0, 0.05) is 24.3 Å². The Morgan fingerprint density at radius 3 is 2.96 bits per heavy atom. The fourth-order valence-electron chi connectivity index (χ4n) is 3.55. The van der Waals surface area contributed by atoms with Crippen molar-refractivity contribution in [1.29, 1.82) is 0 Å². The maximum atomic E-state index is 13.0. The number of aromatic nitrogens is 1. The van der Waals surface area contributed by atoms with Crippen LogP contribution in [0.2, 0.25) is 0 Å². The Morgan fingerprint density at radius 1 is 1.32 bits per heavy atom. The van der Waals surface area contributed by atoms with E-state index in [-0.39, 0.29) is 18.0 Å². The van der Waals surface area contributed by atoms with E-state index in [0.717, 1.165) is 28.9 Å². The number of para-hydroxylation sites is 1. The topological polar surface area (TPSA) is 58.4 Å². The lowest BCUT2D eigenvalue weighted by Crippen LogP contribution is -2.44. The van der Waals surface area contributed by atoms with Gasteiger partial charge in [0.2, 0.25) is 5.91 Å². The predicted molar refractivity (Wildman–Crippen MR) is 98.9 cm³/mol. The van der Waals surface area contributed by atoms with Gasteiger partial charge in [-0.15, -0.1) is 0 Å². The molecule has 1 aliphatic heterocycles. The van der Waals surface area contributed by atoms with Crippen LogP contribution in [0, 0.1) is 6.92 Å². The summed E-state index contributed by atoms with van der Waals surface area (Å²) in [5.41, 5.74) is 4.67. The summed E-state index contributed by atoms with van der Waals surface area (Å²) < 4.78 is 5.50. The summed E-state index contributed by atoms with van der Waals surface area (Å²) in [6, 6.07) is 13.7. The first kappa shape index (κ1) is 15.7. The number of aryl methyl sites for hydroxylation is 1. The highest BCUT2D eigenvalue weighted by Gasteiger charge is 2.32. The third-order valence-electron chi connectivity index (χ3n) is 4.69. The van der Waals surface area contributed by atoms with E-state index in [2.05, 4.69) is 23.3 Å². The fraction of sp³-hybridized carbons (Fsp3) is 0.300. The van der Waals surface area contributed by atoms with Crippen LogP contribution in [0.25, 0.3) is 11.1 Å². The lowest BCUT2D eigenvalue weighted by molar-refractivity contribution is -0.119. The number of hydrogen-bond donors (Lipinski definition) is 1. The van der Waals surface area contributed by atoms with Crippen molar-refractivity contribution in [3.8, 4) is 0 Å². The second kappa shape index (κ2) is 5.92. The normalized spacial score (nSPS) is 17.6. The van der Waals surface area contributed by atoms with Gasteiger partial charge in [-0.2, -0.15) is 0 Å². The number of nitrogens with zero attached hydrogens (tertiary/aromatic N) is 2. The van der Waals surface area contributed by atoms with Gasteiger partial charge in [-0.1, -0.05) is 18.2 Å². The highest BCUT2D eigenvalue weighted by atomic mass is 16.3. The van der Waals surface area contributed by atoms with Crippen LogP contribution in [0.15, 0.2) is 46.9 Å². The van der Waals surface area contributed by atoms with E-state index < -0.39 is 0 Å². The smallest absolute Gasteiger partial charge is 0.249 e. The molecular formula is C20H21N3O2. The molecule has 1 aliphatic rings. The second-order valence-corrected chi connectivity index (χ2v) is 6.67. The molecule has 4 rings (SSSR count). The molecule has 25 heavy (non-hydrogen) atoms. The second-order valence-electron chi connectivity index (χ2n) is 6.67. The van der Waals surface area contributed by atoms with E-state index in [0.29, 0.717) is 5.89 Å². The van der Waals surface area contributed by atoms with Gasteiger partial charge in [-0.25, -0.2) is 4.98 Å². The molecule has 1 amide bonds. The summed E-state index contributed by atoms with van der Waals surface area (Å²) in [4.78, 5) is 19.3. The fourth-order valence-corrected chi connectivity index (χ4v) is 3.55. The van der Waals surface area contributed by atoms with Crippen LogP contribution in [0.1, 0.15) is 25.3 Å². The van der Waals surface area contributed by atoms with Gasteiger partial charge in [0.1, 0.15) is 11.6 Å². The molecule has 0 aliphatic carbocycles. The largest absolute Gasteiger partial charge is 0.441 e. The number of anilines is 2. The minimum absolute atomic E-state index is 0.0777. The van der Waals surface area contributed by atoms with E-state index in [1.807, 2.05) is 55.1 Å². The third-order valence-corrected chi connectivity index (χ3v) is 4.69. The van der Waals surface area contributed by atoms with E-state index in [1.54, 1.807) is 0 Å². The highest BCUT2D eigenvalue weighted by Crippen LogP contribution is 2.32. The number of carbonyl (C=O) groups is 1. The van der Waals surface area contributed by atoms with Crippen LogP contribution in [-0.2, 0) is 11.2 Å². The van der Waals surface area contributed by atoms with Crippen LogP contribution >= 0.6 is 0 Å². The number of carbonyl (C=O) groups excluding carboxylic acids is 1. The molecule has 0 saturated carbocycles. The zero-order valence-corrected chi connectivity index (χ0v) is 14.6. The van der Waals surface area contributed by atoms with Crippen LogP contribution in [-0.4, -0.2) is 23.0 Å². The van der Waals surface area contributed by atoms with Crippen molar-refractivity contribution in [3.05, 3.63) is 53.9 Å². The van der Waals surface area contributed by atoms with Crippen molar-refractivity contribution < 1.29 is 9.21 Å². The maximum absolute atomic E-state index is 13.0. The Morgan fingerprint density at radius 2 is 2.12 bits per heavy atom. The minimum Gasteiger partial charge on any atom is -0.441 e. The van der Waals surface area contributed by atoms with Gasteiger partial charge in [0.15, 0.2) is 11.5 Å². The van der Waals surface area contributed by atoms with Crippen LogP contribution in [0.5, 0.6) is 0 Å². The Labute approximate surface area is 146 Å². The predicted octanol–water partition coefficient (Wildman–Crippen LogP) is 3.91. The summed E-state index contributed by atoms with van der Waals surface area (Å²) in [6.07, 6.45) is 0.902. The first-order valence-corrected chi connectivity index (χ1v) is 8.57. The van der Waals surface area contributed by atoms with Gasteiger partial charge in [-0.3, -0.25) is 4.79 Å². The van der Waals surface area contributed by atoms with Gasteiger partial charge < -0.3 is 14.6 Å². The SMILES string of the molecule is Cc1nc2cc(N[C@@H](C)C(=O)N3c4ccccc4C[C@@H]3C)ccc2o1. The maximum Gasteiger partial charge on any atom is 0.249 e. The molecule has 1 aromatic heterocycles. The quantitative estimate of drug-likeness (QED) is 0.788. The first-order chi connectivity index (χ1) is 12.0. The minimum atomic E-state index is -0.334. The van der Waals surface area contributed by atoms with Crippen molar-refractivity contribution in [2.45, 2.75) is 39.3 Å². The Kier molecular flexibility index (Phi) is 3.71. The molecule has 128 valence electrons. The summed E-state index contributed by atoms with van der Waals surface area (Å²) in [5.74, 6) is 0.715. The van der Waals surface area contributed by atoms with E-state index in [9.17, 15) is 4.79 Å². The summed E-state index contributed by atoms with van der Waals surface area (Å²) in [7, 11) is 0. The summed E-state index contributed by atoms with van der Waals surface area (Å²) in [5, 5.41) is 3.30. The standard InChI is InChI=1S/C20H21N3O2/c1-12-10-15-6-4-5-7-18(15)23(12)20(24)13(2)21-16-8-9-19-17(11-16)22-14(3)25-19/h4-9,11-13,21H,10H2,1-3H3/t12-,13-/m0/s1. The molecule has 0 fully saturated rings. The molecule has 0 spiro atoms. The monoisotopic (exact) mass is 335 g/mol. The zero-order valence-electron chi connectivity index (χ0n) is 14.6. The van der Waals surface area contributed by atoms with Gasteiger partial charge in [0.25, 0.3) is 0 Å². The third kappa shape index (κ3) is 2.76. The lowest BCUT2D eigenvalue weighted by atomic mass is 10.1. The Balaban J connectivity index is 1.55. The van der Waals surface area contributed by atoms with E-state index in [1.165, 1.54) is 5.56 Å². The molecule has 0 saturated heterocycles. The first-order valence-electron chi connectivity index (χ1n) is 8.57. The van der Waals surface area contributed by atoms with Crippen molar-refractivity contribution in [2.24, 2.45) is 0 Å². The molecule has 5 heteroatoms. The zero-order chi connectivity index (χ0) is 17.6. The molecule has 0 unspecified atom stereocenters. The van der Waals surface area contributed by atoms with Gasteiger partial charge >= 0.3 is 0 Å². The van der Waals surface area contributed by atoms with Crippen LogP contribution in [0.3, 0.4) is 0 Å². The number of amides is 1. The average molecular weight is 335 g/mol. The lowest BCUT2D eigenvalue weighted by Gasteiger charge is -2.27. The number of benzene rings is 2. The van der Waals surface area contributed by atoms with Crippen LogP contribution in [0.4, 0.5) is 11.4 Å². The molecule has 1 N–H and O–H groups in total. The van der Waals surface area contributed by atoms with Crippen LogP contribution < -0.4 is 10.2 Å². The van der Waals surface area contributed by atoms with E-state index >= 15 is 0 Å². The molecule has 0 bridgehead atoms. The van der Waals surface area contributed by atoms with Crippen molar-refractivity contribution in [1.82, 2.24) is 4.98 Å².